The van der Waals surface area contributed by atoms with Crippen molar-refractivity contribution in [2.75, 3.05) is 25.6 Å². The molecule has 24 heavy (non-hydrogen) atoms. The maximum Gasteiger partial charge on any atom is 0.253 e. The molecular weight excluding hydrogens is 302 g/mol. The van der Waals surface area contributed by atoms with Gasteiger partial charge in [-0.1, -0.05) is 19.1 Å². The van der Waals surface area contributed by atoms with E-state index < -0.39 is 0 Å². The molecule has 1 amide bonds. The summed E-state index contributed by atoms with van der Waals surface area (Å²) in [5, 5.41) is 12.1. The molecule has 2 aromatic rings. The van der Waals surface area contributed by atoms with Crippen LogP contribution in [0.5, 0.6) is 0 Å². The molecule has 128 valence electrons. The second-order valence-electron chi connectivity index (χ2n) is 6.33. The van der Waals surface area contributed by atoms with Crippen LogP contribution in [0.25, 0.3) is 11.1 Å². The molecule has 2 rings (SSSR count). The van der Waals surface area contributed by atoms with Gasteiger partial charge in [-0.2, -0.15) is 0 Å². The number of aromatic nitrogens is 1. The van der Waals surface area contributed by atoms with Crippen LogP contribution in [0.2, 0.25) is 0 Å². The van der Waals surface area contributed by atoms with Crippen LogP contribution in [-0.4, -0.2) is 42.7 Å². The highest BCUT2D eigenvalue weighted by atomic mass is 16.3. The van der Waals surface area contributed by atoms with E-state index in [1.807, 2.05) is 63.2 Å². The number of hydrogen-bond donors (Lipinski definition) is 2. The molecule has 0 aliphatic carbocycles. The zero-order valence-corrected chi connectivity index (χ0v) is 14.7. The quantitative estimate of drug-likeness (QED) is 0.856. The topological polar surface area (TPSA) is 65.5 Å². The van der Waals surface area contributed by atoms with Crippen molar-refractivity contribution < 1.29 is 9.90 Å². The fourth-order valence-corrected chi connectivity index (χ4v) is 2.26. The number of hydrogen-bond acceptors (Lipinski definition) is 4. The molecule has 0 saturated heterocycles. The van der Waals surface area contributed by atoms with Crippen molar-refractivity contribution in [3.05, 3.63) is 48.3 Å². The molecule has 2 N–H and O–H groups in total. The van der Waals surface area contributed by atoms with Crippen LogP contribution in [0.4, 0.5) is 5.69 Å². The van der Waals surface area contributed by atoms with E-state index in [-0.39, 0.29) is 24.5 Å². The fourth-order valence-electron chi connectivity index (χ4n) is 2.26. The predicted molar refractivity (Wildman–Crippen MR) is 97.2 cm³/mol. The van der Waals surface area contributed by atoms with Crippen LogP contribution in [0.15, 0.2) is 42.7 Å². The number of anilines is 1. The van der Waals surface area contributed by atoms with Gasteiger partial charge < -0.3 is 15.3 Å². The van der Waals surface area contributed by atoms with E-state index in [4.69, 9.17) is 0 Å². The van der Waals surface area contributed by atoms with Crippen LogP contribution in [0.1, 0.15) is 24.2 Å². The number of nitrogens with zero attached hydrogens (tertiary/aromatic N) is 2. The lowest BCUT2D eigenvalue weighted by molar-refractivity contribution is 0.0916. The average molecular weight is 327 g/mol. The van der Waals surface area contributed by atoms with Crippen LogP contribution in [0.3, 0.4) is 0 Å². The van der Waals surface area contributed by atoms with E-state index in [1.54, 1.807) is 12.4 Å². The Labute approximate surface area is 143 Å². The van der Waals surface area contributed by atoms with Crippen LogP contribution in [0, 0.1) is 5.92 Å². The molecule has 1 heterocycles. The number of carbonyl (C=O) groups excluding carboxylic acids is 1. The minimum Gasteiger partial charge on any atom is -0.396 e. The summed E-state index contributed by atoms with van der Waals surface area (Å²) >= 11 is 0. The predicted octanol–water partition coefficient (Wildman–Crippen LogP) is 2.56. The lowest BCUT2D eigenvalue weighted by Crippen LogP contribution is -2.38. The average Bonchev–Trinajstić information content (AvgIpc) is 2.61. The van der Waals surface area contributed by atoms with Gasteiger partial charge in [-0.05, 0) is 36.6 Å². The van der Waals surface area contributed by atoms with Crippen molar-refractivity contribution >= 4 is 11.6 Å². The Balaban J connectivity index is 2.17. The zero-order chi connectivity index (χ0) is 17.7. The molecule has 0 spiro atoms. The highest BCUT2D eigenvalue weighted by Gasteiger charge is 2.15. The van der Waals surface area contributed by atoms with E-state index in [2.05, 4.69) is 10.3 Å². The number of rotatable bonds is 6. The SMILES string of the molecule is CC(CO)C(C)NC(=O)c1cncc(-c2ccc(N(C)C)cc2)c1. The van der Waals surface area contributed by atoms with Gasteiger partial charge in [0.1, 0.15) is 0 Å². The molecule has 0 radical (unpaired) electrons. The molecule has 2 atom stereocenters. The molecule has 0 aliphatic heterocycles. The third kappa shape index (κ3) is 4.32. The molecule has 0 aliphatic rings. The summed E-state index contributed by atoms with van der Waals surface area (Å²) in [6.07, 6.45) is 3.31. The van der Waals surface area contributed by atoms with E-state index >= 15 is 0 Å². The Bertz CT molecular complexity index is 683. The van der Waals surface area contributed by atoms with Crippen molar-refractivity contribution in [3.8, 4) is 11.1 Å². The molecule has 0 bridgehead atoms. The van der Waals surface area contributed by atoms with Crippen LogP contribution in [-0.2, 0) is 0 Å². The Morgan fingerprint density at radius 3 is 2.42 bits per heavy atom. The summed E-state index contributed by atoms with van der Waals surface area (Å²) in [6.45, 7) is 3.82. The minimum absolute atomic E-state index is 0.00340. The summed E-state index contributed by atoms with van der Waals surface area (Å²) in [6, 6.07) is 9.84. The maximum absolute atomic E-state index is 12.4. The van der Waals surface area contributed by atoms with Gasteiger partial charge in [-0.25, -0.2) is 0 Å². The smallest absolute Gasteiger partial charge is 0.253 e. The van der Waals surface area contributed by atoms with E-state index in [0.717, 1.165) is 16.8 Å². The third-order valence-corrected chi connectivity index (χ3v) is 4.22. The molecule has 0 saturated carbocycles. The normalized spacial score (nSPS) is 13.2. The maximum atomic E-state index is 12.4. The second kappa shape index (κ2) is 7.93. The molecule has 1 aromatic carbocycles. The van der Waals surface area contributed by atoms with E-state index in [1.165, 1.54) is 0 Å². The highest BCUT2D eigenvalue weighted by Crippen LogP contribution is 2.22. The Morgan fingerprint density at radius 2 is 1.83 bits per heavy atom. The van der Waals surface area contributed by atoms with Gasteiger partial charge >= 0.3 is 0 Å². The van der Waals surface area contributed by atoms with Gasteiger partial charge in [-0.3, -0.25) is 9.78 Å². The Morgan fingerprint density at radius 1 is 1.17 bits per heavy atom. The number of nitrogens with one attached hydrogen (secondary N) is 1. The Hall–Kier alpha value is -2.40. The molecule has 5 nitrogen and oxygen atoms in total. The van der Waals surface area contributed by atoms with Gasteiger partial charge in [0.25, 0.3) is 5.91 Å². The standard InChI is InChI=1S/C19H25N3O2/c1-13(12-23)14(2)21-19(24)17-9-16(10-20-11-17)15-5-7-18(8-6-15)22(3)4/h5-11,13-14,23H,12H2,1-4H3,(H,21,24). The monoisotopic (exact) mass is 327 g/mol. The number of pyridine rings is 1. The number of amides is 1. The first-order valence-electron chi connectivity index (χ1n) is 8.07. The van der Waals surface area contributed by atoms with Gasteiger partial charge in [-0.15, -0.1) is 0 Å². The van der Waals surface area contributed by atoms with Gasteiger partial charge in [0.2, 0.25) is 0 Å². The first-order valence-corrected chi connectivity index (χ1v) is 8.07. The van der Waals surface area contributed by atoms with Crippen LogP contribution >= 0.6 is 0 Å². The number of aliphatic hydroxyl groups excluding tert-OH is 1. The summed E-state index contributed by atoms with van der Waals surface area (Å²) < 4.78 is 0. The van der Waals surface area contributed by atoms with Gasteiger partial charge in [0.15, 0.2) is 0 Å². The van der Waals surface area contributed by atoms with Crippen molar-refractivity contribution in [1.29, 1.82) is 0 Å². The molecule has 1 aromatic heterocycles. The molecule has 2 unspecified atom stereocenters. The van der Waals surface area contributed by atoms with Crippen molar-refractivity contribution in [3.63, 3.8) is 0 Å². The molecular formula is C19H25N3O2. The first kappa shape index (κ1) is 17.9. The van der Waals surface area contributed by atoms with Crippen LogP contribution < -0.4 is 10.2 Å². The lowest BCUT2D eigenvalue weighted by Gasteiger charge is -2.19. The summed E-state index contributed by atoms with van der Waals surface area (Å²) in [4.78, 5) is 18.6. The summed E-state index contributed by atoms with van der Waals surface area (Å²) in [5.41, 5.74) is 3.55. The van der Waals surface area contributed by atoms with Gasteiger partial charge in [0.05, 0.1) is 5.56 Å². The zero-order valence-electron chi connectivity index (χ0n) is 14.7. The summed E-state index contributed by atoms with van der Waals surface area (Å²) in [7, 11) is 3.99. The first-order chi connectivity index (χ1) is 11.4. The molecule has 0 fully saturated rings. The van der Waals surface area contributed by atoms with E-state index in [0.29, 0.717) is 5.56 Å². The van der Waals surface area contributed by atoms with Crippen molar-refractivity contribution in [2.45, 2.75) is 19.9 Å². The fraction of sp³-hybridized carbons (Fsp3) is 0.368. The number of carbonyl (C=O) groups is 1. The van der Waals surface area contributed by atoms with Gasteiger partial charge in [0, 0.05) is 50.4 Å². The van der Waals surface area contributed by atoms with E-state index in [9.17, 15) is 9.90 Å². The summed E-state index contributed by atoms with van der Waals surface area (Å²) in [5.74, 6) is -0.175. The van der Waals surface area contributed by atoms with Crippen molar-refractivity contribution in [2.24, 2.45) is 5.92 Å². The largest absolute Gasteiger partial charge is 0.396 e. The number of aliphatic hydroxyl groups is 1. The molecule has 5 heteroatoms. The third-order valence-electron chi connectivity index (χ3n) is 4.22. The van der Waals surface area contributed by atoms with Crippen molar-refractivity contribution in [1.82, 2.24) is 10.3 Å². The highest BCUT2D eigenvalue weighted by molar-refractivity contribution is 5.95. The number of benzene rings is 1. The lowest BCUT2D eigenvalue weighted by atomic mass is 10.0. The minimum atomic E-state index is -0.179. The second-order valence-corrected chi connectivity index (χ2v) is 6.33. The Kier molecular flexibility index (Phi) is 5.93.